The molecule has 0 bridgehead atoms. The van der Waals surface area contributed by atoms with Crippen LogP contribution in [-0.2, 0) is 9.53 Å². The lowest BCUT2D eigenvalue weighted by Crippen LogP contribution is -2.45. The van der Waals surface area contributed by atoms with E-state index in [-0.39, 0.29) is 12.0 Å². The van der Waals surface area contributed by atoms with E-state index in [4.69, 9.17) is 4.74 Å². The van der Waals surface area contributed by atoms with Crippen LogP contribution in [0.1, 0.15) is 47.0 Å². The van der Waals surface area contributed by atoms with Crippen molar-refractivity contribution >= 4 is 12.0 Å². The molecule has 1 rings (SSSR count). The summed E-state index contributed by atoms with van der Waals surface area (Å²) in [6.45, 7) is 11.2. The van der Waals surface area contributed by atoms with Gasteiger partial charge in [0.1, 0.15) is 5.60 Å². The van der Waals surface area contributed by atoms with E-state index in [1.807, 2.05) is 27.7 Å². The fraction of sp³-hybridized carbons (Fsp3) is 0.875. The Labute approximate surface area is 134 Å². The van der Waals surface area contributed by atoms with E-state index in [2.05, 4.69) is 15.5 Å². The number of hydrogen-bond acceptors (Lipinski definition) is 4. The maximum Gasteiger partial charge on any atom is 0.407 e. The summed E-state index contributed by atoms with van der Waals surface area (Å²) in [7, 11) is 0. The quantitative estimate of drug-likeness (QED) is 0.784. The smallest absolute Gasteiger partial charge is 0.407 e. The summed E-state index contributed by atoms with van der Waals surface area (Å²) in [5.41, 5.74) is -0.472. The maximum atomic E-state index is 11.8. The van der Waals surface area contributed by atoms with Gasteiger partial charge in [0.2, 0.25) is 5.91 Å². The average molecular weight is 313 g/mol. The number of likely N-dealkylation sites (tertiary alicyclic amines) is 1. The van der Waals surface area contributed by atoms with Crippen molar-refractivity contribution in [3.63, 3.8) is 0 Å². The number of carbonyl (C=O) groups is 2. The third-order valence-corrected chi connectivity index (χ3v) is 3.48. The summed E-state index contributed by atoms with van der Waals surface area (Å²) < 4.78 is 5.24. The van der Waals surface area contributed by atoms with Gasteiger partial charge in [0.25, 0.3) is 0 Å². The van der Waals surface area contributed by atoms with Crippen LogP contribution in [0.4, 0.5) is 4.79 Å². The van der Waals surface area contributed by atoms with Crippen molar-refractivity contribution in [1.82, 2.24) is 15.5 Å². The molecular weight excluding hydrogens is 282 g/mol. The second-order valence-corrected chi connectivity index (χ2v) is 6.98. The molecule has 1 aliphatic rings. The van der Waals surface area contributed by atoms with E-state index in [0.717, 1.165) is 38.9 Å². The first-order valence-electron chi connectivity index (χ1n) is 8.26. The van der Waals surface area contributed by atoms with E-state index in [1.54, 1.807) is 0 Å². The predicted octanol–water partition coefficient (Wildman–Crippen LogP) is 1.75. The molecule has 1 aliphatic heterocycles. The van der Waals surface area contributed by atoms with Crippen LogP contribution < -0.4 is 10.6 Å². The highest BCUT2D eigenvalue weighted by Crippen LogP contribution is 2.15. The van der Waals surface area contributed by atoms with E-state index < -0.39 is 5.60 Å². The van der Waals surface area contributed by atoms with E-state index in [9.17, 15) is 9.59 Å². The number of amides is 2. The van der Waals surface area contributed by atoms with Crippen LogP contribution in [0.25, 0.3) is 0 Å². The maximum absolute atomic E-state index is 11.8. The van der Waals surface area contributed by atoms with E-state index in [0.29, 0.717) is 19.0 Å². The van der Waals surface area contributed by atoms with Gasteiger partial charge in [-0.2, -0.15) is 0 Å². The third-order valence-electron chi connectivity index (χ3n) is 3.48. The Morgan fingerprint density at radius 1 is 1.27 bits per heavy atom. The van der Waals surface area contributed by atoms with Crippen molar-refractivity contribution in [3.8, 4) is 0 Å². The summed E-state index contributed by atoms with van der Waals surface area (Å²) in [6, 6.07) is 0. The monoisotopic (exact) mass is 313 g/mol. The lowest BCUT2D eigenvalue weighted by Gasteiger charge is -2.32. The number of piperidine rings is 1. The van der Waals surface area contributed by atoms with Crippen molar-refractivity contribution in [3.05, 3.63) is 0 Å². The van der Waals surface area contributed by atoms with Crippen molar-refractivity contribution in [2.75, 3.05) is 32.7 Å². The first-order valence-corrected chi connectivity index (χ1v) is 8.26. The molecule has 0 aromatic rings. The van der Waals surface area contributed by atoms with Crippen molar-refractivity contribution in [2.24, 2.45) is 5.92 Å². The first kappa shape index (κ1) is 18.7. The number of carbonyl (C=O) groups excluding carboxylic acids is 2. The van der Waals surface area contributed by atoms with Gasteiger partial charge in [-0.15, -0.1) is 0 Å². The number of alkyl carbamates (subject to hydrolysis) is 1. The minimum atomic E-state index is -0.472. The molecule has 0 spiro atoms. The van der Waals surface area contributed by atoms with Gasteiger partial charge < -0.3 is 15.4 Å². The Balaban J connectivity index is 2.28. The summed E-state index contributed by atoms with van der Waals surface area (Å²) in [5, 5.41) is 5.73. The molecule has 1 atom stereocenters. The number of nitrogens with zero attached hydrogens (tertiary/aromatic N) is 1. The SMILES string of the molecule is CCCNC(=O)CN1CCCC(CNC(=O)OC(C)(C)C)C1. The average Bonchev–Trinajstić information content (AvgIpc) is 2.41. The molecule has 6 heteroatoms. The van der Waals surface area contributed by atoms with E-state index in [1.165, 1.54) is 0 Å². The zero-order valence-corrected chi connectivity index (χ0v) is 14.4. The zero-order chi connectivity index (χ0) is 16.6. The fourth-order valence-corrected chi connectivity index (χ4v) is 2.53. The Hall–Kier alpha value is -1.30. The van der Waals surface area contributed by atoms with Gasteiger partial charge in [-0.05, 0) is 52.5 Å². The van der Waals surface area contributed by atoms with Crippen LogP contribution >= 0.6 is 0 Å². The summed E-state index contributed by atoms with van der Waals surface area (Å²) in [5.74, 6) is 0.461. The molecule has 0 radical (unpaired) electrons. The van der Waals surface area contributed by atoms with Crippen LogP contribution in [0.15, 0.2) is 0 Å². The third kappa shape index (κ3) is 8.22. The first-order chi connectivity index (χ1) is 10.3. The molecular formula is C16H31N3O3. The Morgan fingerprint density at radius 2 is 2.00 bits per heavy atom. The van der Waals surface area contributed by atoms with Gasteiger partial charge >= 0.3 is 6.09 Å². The van der Waals surface area contributed by atoms with Gasteiger partial charge in [-0.25, -0.2) is 4.79 Å². The molecule has 0 aromatic carbocycles. The van der Waals surface area contributed by atoms with Crippen molar-refractivity contribution in [1.29, 1.82) is 0 Å². The highest BCUT2D eigenvalue weighted by Gasteiger charge is 2.23. The number of ether oxygens (including phenoxy) is 1. The topological polar surface area (TPSA) is 70.7 Å². The molecule has 2 amide bonds. The Bertz CT molecular complexity index is 366. The van der Waals surface area contributed by atoms with Crippen molar-refractivity contribution in [2.45, 2.75) is 52.6 Å². The normalized spacial score (nSPS) is 19.5. The molecule has 128 valence electrons. The van der Waals surface area contributed by atoms with E-state index >= 15 is 0 Å². The molecule has 0 aromatic heterocycles. The van der Waals surface area contributed by atoms with Gasteiger partial charge in [0.15, 0.2) is 0 Å². The van der Waals surface area contributed by atoms with Crippen LogP contribution in [-0.4, -0.2) is 55.2 Å². The zero-order valence-electron chi connectivity index (χ0n) is 14.4. The highest BCUT2D eigenvalue weighted by molar-refractivity contribution is 5.77. The summed E-state index contributed by atoms with van der Waals surface area (Å²) in [4.78, 5) is 25.6. The Kier molecular flexibility index (Phi) is 7.65. The molecule has 1 saturated heterocycles. The molecule has 22 heavy (non-hydrogen) atoms. The largest absolute Gasteiger partial charge is 0.444 e. The fourth-order valence-electron chi connectivity index (χ4n) is 2.53. The number of hydrogen-bond donors (Lipinski definition) is 2. The molecule has 6 nitrogen and oxygen atoms in total. The Morgan fingerprint density at radius 3 is 2.64 bits per heavy atom. The minimum absolute atomic E-state index is 0.0857. The van der Waals surface area contributed by atoms with Crippen molar-refractivity contribution < 1.29 is 14.3 Å². The van der Waals surface area contributed by atoms with Crippen LogP contribution in [0, 0.1) is 5.92 Å². The number of nitrogens with one attached hydrogen (secondary N) is 2. The summed E-state index contributed by atoms with van der Waals surface area (Å²) >= 11 is 0. The highest BCUT2D eigenvalue weighted by atomic mass is 16.6. The van der Waals surface area contributed by atoms with Crippen LogP contribution in [0.2, 0.25) is 0 Å². The second-order valence-electron chi connectivity index (χ2n) is 6.98. The molecule has 1 unspecified atom stereocenters. The van der Waals surface area contributed by atoms with Gasteiger partial charge in [-0.3, -0.25) is 9.69 Å². The van der Waals surface area contributed by atoms with Gasteiger partial charge in [0.05, 0.1) is 6.54 Å². The lowest BCUT2D eigenvalue weighted by molar-refractivity contribution is -0.122. The van der Waals surface area contributed by atoms with Gasteiger partial charge in [-0.1, -0.05) is 6.92 Å². The predicted molar refractivity (Wildman–Crippen MR) is 86.7 cm³/mol. The standard InChI is InChI=1S/C16H31N3O3/c1-5-8-17-14(20)12-19-9-6-7-13(11-19)10-18-15(21)22-16(2,3)4/h13H,5-12H2,1-4H3,(H,17,20)(H,18,21). The second kappa shape index (κ2) is 8.98. The minimum Gasteiger partial charge on any atom is -0.444 e. The molecule has 0 aliphatic carbocycles. The molecule has 1 heterocycles. The number of rotatable bonds is 6. The summed E-state index contributed by atoms with van der Waals surface area (Å²) in [6.07, 6.45) is 2.71. The van der Waals surface area contributed by atoms with Crippen LogP contribution in [0.3, 0.4) is 0 Å². The van der Waals surface area contributed by atoms with Crippen LogP contribution in [0.5, 0.6) is 0 Å². The molecule has 2 N–H and O–H groups in total. The lowest BCUT2D eigenvalue weighted by atomic mass is 9.98. The molecule has 0 saturated carbocycles. The molecule has 1 fully saturated rings. The van der Waals surface area contributed by atoms with Gasteiger partial charge in [0, 0.05) is 19.6 Å².